The van der Waals surface area contributed by atoms with Crippen LogP contribution in [0.5, 0.6) is 11.5 Å². The number of carbonyl (C=O) groups excluding carboxylic acids is 1. The van der Waals surface area contributed by atoms with Crippen LogP contribution < -0.4 is 14.8 Å². The molecule has 5 nitrogen and oxygen atoms in total. The molecule has 1 heterocycles. The summed E-state index contributed by atoms with van der Waals surface area (Å²) < 4.78 is 11.1. The van der Waals surface area contributed by atoms with Crippen LogP contribution in [0.15, 0.2) is 60.0 Å². The number of amides is 1. The van der Waals surface area contributed by atoms with Gasteiger partial charge in [0, 0.05) is 11.8 Å². The van der Waals surface area contributed by atoms with Crippen molar-refractivity contribution >= 4 is 17.2 Å². The zero-order valence-electron chi connectivity index (χ0n) is 15.2. The van der Waals surface area contributed by atoms with Crippen molar-refractivity contribution in [1.29, 1.82) is 0 Å². The van der Waals surface area contributed by atoms with Gasteiger partial charge in [-0.25, -0.2) is 4.98 Å². The smallest absolute Gasteiger partial charge is 0.258 e. The molecule has 0 saturated heterocycles. The highest BCUT2D eigenvalue weighted by molar-refractivity contribution is 7.09. The number of nitrogens with one attached hydrogen (secondary N) is 1. The number of ether oxygens (including phenoxy) is 2. The van der Waals surface area contributed by atoms with Crippen LogP contribution in [0.3, 0.4) is 0 Å². The van der Waals surface area contributed by atoms with Crippen molar-refractivity contribution in [3.05, 3.63) is 76.2 Å². The molecule has 2 aromatic carbocycles. The molecule has 6 heteroatoms. The van der Waals surface area contributed by atoms with Crippen LogP contribution in [-0.4, -0.2) is 24.1 Å². The Balaban J connectivity index is 1.46. The van der Waals surface area contributed by atoms with Gasteiger partial charge in [0.1, 0.15) is 0 Å². The number of benzene rings is 2. The van der Waals surface area contributed by atoms with Crippen molar-refractivity contribution < 1.29 is 14.3 Å². The van der Waals surface area contributed by atoms with Gasteiger partial charge in [0.15, 0.2) is 18.1 Å². The van der Waals surface area contributed by atoms with E-state index < -0.39 is 0 Å². The highest BCUT2D eigenvalue weighted by Gasteiger charge is 2.09. The second-order valence-corrected chi connectivity index (χ2v) is 6.78. The molecule has 0 aliphatic rings. The first kappa shape index (κ1) is 18.9. The molecule has 1 aromatic heterocycles. The van der Waals surface area contributed by atoms with Crippen LogP contribution in [0.4, 0.5) is 0 Å². The van der Waals surface area contributed by atoms with Gasteiger partial charge in [-0.2, -0.15) is 0 Å². The predicted octanol–water partition coefficient (Wildman–Crippen LogP) is 3.83. The van der Waals surface area contributed by atoms with Crippen molar-refractivity contribution in [3.63, 3.8) is 0 Å². The number of rotatable bonds is 9. The Labute approximate surface area is 163 Å². The molecule has 1 amide bonds. The molecule has 0 saturated carbocycles. The maximum atomic E-state index is 12.1. The number of nitrogens with zero attached hydrogens (tertiary/aromatic N) is 1. The first-order chi connectivity index (χ1) is 13.2. The Morgan fingerprint density at radius 1 is 1.04 bits per heavy atom. The largest absolute Gasteiger partial charge is 0.490 e. The predicted molar refractivity (Wildman–Crippen MR) is 106 cm³/mol. The quantitative estimate of drug-likeness (QED) is 0.611. The van der Waals surface area contributed by atoms with Crippen LogP contribution in [0.25, 0.3) is 0 Å². The molecular weight excluding hydrogens is 360 g/mol. The summed E-state index contributed by atoms with van der Waals surface area (Å²) in [5, 5.41) is 5.85. The van der Waals surface area contributed by atoms with E-state index in [-0.39, 0.29) is 12.5 Å². The minimum Gasteiger partial charge on any atom is -0.490 e. The van der Waals surface area contributed by atoms with E-state index in [0.717, 1.165) is 17.1 Å². The summed E-state index contributed by atoms with van der Waals surface area (Å²) in [4.78, 5) is 16.6. The molecule has 0 unspecified atom stereocenters. The van der Waals surface area contributed by atoms with Crippen LogP contribution >= 0.6 is 11.3 Å². The topological polar surface area (TPSA) is 60.5 Å². The fraction of sp³-hybridized carbons (Fsp3) is 0.238. The Bertz CT molecular complexity index is 865. The highest BCUT2D eigenvalue weighted by Crippen LogP contribution is 2.26. The Kier molecular flexibility index (Phi) is 6.82. The van der Waals surface area contributed by atoms with Gasteiger partial charge < -0.3 is 14.8 Å². The third kappa shape index (κ3) is 5.82. The average molecular weight is 382 g/mol. The molecule has 140 valence electrons. The second-order valence-electron chi connectivity index (χ2n) is 5.84. The van der Waals surface area contributed by atoms with Gasteiger partial charge in [0.25, 0.3) is 5.91 Å². The first-order valence-corrected chi connectivity index (χ1v) is 9.71. The van der Waals surface area contributed by atoms with E-state index in [4.69, 9.17) is 9.47 Å². The molecule has 0 fully saturated rings. The van der Waals surface area contributed by atoms with E-state index in [2.05, 4.69) is 22.4 Å². The van der Waals surface area contributed by atoms with Crippen molar-refractivity contribution in [3.8, 4) is 11.5 Å². The molecule has 0 spiro atoms. The van der Waals surface area contributed by atoms with Crippen molar-refractivity contribution in [1.82, 2.24) is 10.3 Å². The summed E-state index contributed by atoms with van der Waals surface area (Å²) in [7, 11) is 0. The van der Waals surface area contributed by atoms with Crippen LogP contribution in [0.1, 0.15) is 23.2 Å². The van der Waals surface area contributed by atoms with E-state index in [1.54, 1.807) is 17.4 Å². The Hall–Kier alpha value is -2.86. The van der Waals surface area contributed by atoms with E-state index >= 15 is 0 Å². The first-order valence-electron chi connectivity index (χ1n) is 8.83. The van der Waals surface area contributed by atoms with Gasteiger partial charge in [-0.15, -0.1) is 11.3 Å². The third-order valence-electron chi connectivity index (χ3n) is 3.77. The summed E-state index contributed by atoms with van der Waals surface area (Å²) in [6.07, 6.45) is 0.802. The lowest BCUT2D eigenvalue weighted by Crippen LogP contribution is -2.28. The molecule has 0 aliphatic carbocycles. The van der Waals surface area contributed by atoms with Gasteiger partial charge in [0.05, 0.1) is 23.9 Å². The molecule has 3 rings (SSSR count). The normalized spacial score (nSPS) is 10.4. The zero-order chi connectivity index (χ0) is 18.9. The molecule has 0 atom stereocenters. The minimum absolute atomic E-state index is 0.0644. The number of hydrogen-bond acceptors (Lipinski definition) is 5. The maximum absolute atomic E-state index is 12.1. The van der Waals surface area contributed by atoms with E-state index in [9.17, 15) is 4.79 Å². The summed E-state index contributed by atoms with van der Waals surface area (Å²) in [5.74, 6) is 1.00. The monoisotopic (exact) mass is 382 g/mol. The van der Waals surface area contributed by atoms with Gasteiger partial charge in [-0.3, -0.25) is 4.79 Å². The molecule has 1 N–H and O–H groups in total. The van der Waals surface area contributed by atoms with E-state index in [1.807, 2.05) is 48.7 Å². The number of para-hydroxylation sites is 2. The van der Waals surface area contributed by atoms with Gasteiger partial charge in [-0.1, -0.05) is 42.5 Å². The fourth-order valence-corrected chi connectivity index (χ4v) is 3.34. The number of carbonyl (C=O) groups is 1. The Morgan fingerprint density at radius 2 is 1.74 bits per heavy atom. The zero-order valence-corrected chi connectivity index (χ0v) is 16.0. The second kappa shape index (κ2) is 9.73. The van der Waals surface area contributed by atoms with Gasteiger partial charge >= 0.3 is 0 Å². The summed E-state index contributed by atoms with van der Waals surface area (Å²) >= 11 is 1.60. The number of thiazole rings is 1. The van der Waals surface area contributed by atoms with Crippen LogP contribution in [0.2, 0.25) is 0 Å². The van der Waals surface area contributed by atoms with Crippen LogP contribution in [0, 0.1) is 0 Å². The summed E-state index contributed by atoms with van der Waals surface area (Å²) in [6, 6.07) is 17.5. The maximum Gasteiger partial charge on any atom is 0.258 e. The number of aromatic nitrogens is 1. The van der Waals surface area contributed by atoms with Crippen molar-refractivity contribution in [2.24, 2.45) is 0 Å². The van der Waals surface area contributed by atoms with Gasteiger partial charge in [0.2, 0.25) is 0 Å². The third-order valence-corrected chi connectivity index (χ3v) is 4.67. The minimum atomic E-state index is -0.195. The van der Waals surface area contributed by atoms with Crippen molar-refractivity contribution in [2.45, 2.75) is 19.9 Å². The number of hydrogen-bond donors (Lipinski definition) is 1. The standard InChI is InChI=1S/C21H22N2O3S/c1-2-25-18-10-6-7-11-19(18)26-14-20(24)22-13-17-15-27-21(23-17)12-16-8-4-3-5-9-16/h3-11,15H,2,12-14H2,1H3,(H,22,24). The van der Waals surface area contributed by atoms with Crippen molar-refractivity contribution in [2.75, 3.05) is 13.2 Å². The van der Waals surface area contributed by atoms with E-state index in [0.29, 0.717) is 24.7 Å². The van der Waals surface area contributed by atoms with Crippen LogP contribution in [-0.2, 0) is 17.8 Å². The summed E-state index contributed by atoms with van der Waals surface area (Å²) in [5.41, 5.74) is 2.08. The molecular formula is C21H22N2O3S. The molecule has 0 radical (unpaired) electrons. The lowest BCUT2D eigenvalue weighted by atomic mass is 10.2. The lowest BCUT2D eigenvalue weighted by Gasteiger charge is -2.11. The fourth-order valence-electron chi connectivity index (χ4n) is 2.51. The average Bonchev–Trinajstić information content (AvgIpc) is 3.14. The van der Waals surface area contributed by atoms with Gasteiger partial charge in [-0.05, 0) is 24.6 Å². The van der Waals surface area contributed by atoms with E-state index in [1.165, 1.54) is 5.56 Å². The SMILES string of the molecule is CCOc1ccccc1OCC(=O)NCc1csc(Cc2ccccc2)n1. The molecule has 0 aliphatic heterocycles. The lowest BCUT2D eigenvalue weighted by molar-refractivity contribution is -0.123. The Morgan fingerprint density at radius 3 is 2.48 bits per heavy atom. The molecule has 3 aromatic rings. The molecule has 0 bridgehead atoms. The molecule has 27 heavy (non-hydrogen) atoms. The highest BCUT2D eigenvalue weighted by atomic mass is 32.1. The summed E-state index contributed by atoms with van der Waals surface area (Å²) in [6.45, 7) is 2.77.